The Kier molecular flexibility index (Phi) is 3.17. The second kappa shape index (κ2) is 4.41. The van der Waals surface area contributed by atoms with Gasteiger partial charge in [0.1, 0.15) is 0 Å². The number of hydrogen-bond donors (Lipinski definition) is 2. The zero-order valence-corrected chi connectivity index (χ0v) is 10.3. The fourth-order valence-electron chi connectivity index (χ4n) is 1.87. The van der Waals surface area contributed by atoms with Crippen molar-refractivity contribution < 1.29 is 5.11 Å². The number of rotatable bonds is 2. The Bertz CT molecular complexity index is 354. The highest BCUT2D eigenvalue weighted by atomic mass is 79.9. The first-order valence-electron chi connectivity index (χ1n) is 5.13. The van der Waals surface area contributed by atoms with Crippen molar-refractivity contribution in [3.63, 3.8) is 0 Å². The smallest absolute Gasteiger partial charge is 0.0687 e. The summed E-state index contributed by atoms with van der Waals surface area (Å²) in [5.41, 5.74) is 2.31. The summed E-state index contributed by atoms with van der Waals surface area (Å²) in [5.74, 6) is 0. The minimum atomic E-state index is -0.296. The largest absolute Gasteiger partial charge is 0.392 e. The number of anilines is 2. The van der Waals surface area contributed by atoms with Gasteiger partial charge in [-0.3, -0.25) is 0 Å². The van der Waals surface area contributed by atoms with Gasteiger partial charge in [0.15, 0.2) is 0 Å². The molecule has 0 fully saturated rings. The lowest BCUT2D eigenvalue weighted by molar-refractivity contribution is 0.200. The molecule has 2 rings (SSSR count). The summed E-state index contributed by atoms with van der Waals surface area (Å²) in [5, 5.41) is 12.8. The van der Waals surface area contributed by atoms with E-state index in [4.69, 9.17) is 0 Å². The molecule has 1 aromatic carbocycles. The summed E-state index contributed by atoms with van der Waals surface area (Å²) in [6.45, 7) is 4.38. The molecule has 0 radical (unpaired) electrons. The van der Waals surface area contributed by atoms with E-state index in [1.165, 1.54) is 0 Å². The molecular formula is C11H15BrN2O. The molecule has 1 heterocycles. The van der Waals surface area contributed by atoms with E-state index < -0.39 is 0 Å². The maximum atomic E-state index is 9.43. The van der Waals surface area contributed by atoms with Gasteiger partial charge in [0, 0.05) is 24.1 Å². The van der Waals surface area contributed by atoms with Gasteiger partial charge in [-0.15, -0.1) is 0 Å². The first-order chi connectivity index (χ1) is 7.16. The summed E-state index contributed by atoms with van der Waals surface area (Å²) < 4.78 is 1.07. The van der Waals surface area contributed by atoms with Gasteiger partial charge in [0.2, 0.25) is 0 Å². The Morgan fingerprint density at radius 2 is 2.40 bits per heavy atom. The van der Waals surface area contributed by atoms with Gasteiger partial charge in [-0.05, 0) is 25.1 Å². The molecule has 82 valence electrons. The predicted molar refractivity (Wildman–Crippen MR) is 66.5 cm³/mol. The molecule has 0 spiro atoms. The van der Waals surface area contributed by atoms with E-state index in [-0.39, 0.29) is 6.10 Å². The predicted octanol–water partition coefficient (Wildman–Crippen LogP) is 2.06. The van der Waals surface area contributed by atoms with Crippen LogP contribution in [-0.2, 0) is 0 Å². The van der Waals surface area contributed by atoms with Crippen LogP contribution in [0.4, 0.5) is 11.4 Å². The van der Waals surface area contributed by atoms with Gasteiger partial charge in [-0.2, -0.15) is 0 Å². The van der Waals surface area contributed by atoms with Crippen LogP contribution in [0.15, 0.2) is 22.7 Å². The van der Waals surface area contributed by atoms with Crippen LogP contribution < -0.4 is 10.2 Å². The summed E-state index contributed by atoms with van der Waals surface area (Å²) in [6.07, 6.45) is -0.296. The number of fused-ring (bicyclic) bond motifs is 1. The van der Waals surface area contributed by atoms with E-state index in [1.807, 2.05) is 13.0 Å². The molecule has 0 saturated carbocycles. The van der Waals surface area contributed by atoms with E-state index in [1.54, 1.807) is 0 Å². The van der Waals surface area contributed by atoms with E-state index in [0.29, 0.717) is 6.54 Å². The molecule has 2 N–H and O–H groups in total. The second-order valence-corrected chi connectivity index (χ2v) is 4.80. The van der Waals surface area contributed by atoms with E-state index in [0.717, 1.165) is 28.9 Å². The third kappa shape index (κ3) is 2.44. The van der Waals surface area contributed by atoms with Gasteiger partial charge in [-0.1, -0.05) is 15.9 Å². The normalized spacial score (nSPS) is 16.9. The van der Waals surface area contributed by atoms with Crippen molar-refractivity contribution in [3.05, 3.63) is 22.7 Å². The summed E-state index contributed by atoms with van der Waals surface area (Å²) >= 11 is 3.47. The van der Waals surface area contributed by atoms with E-state index >= 15 is 0 Å². The van der Waals surface area contributed by atoms with Crippen molar-refractivity contribution >= 4 is 27.3 Å². The number of benzene rings is 1. The number of nitrogens with zero attached hydrogens (tertiary/aromatic N) is 1. The molecule has 15 heavy (non-hydrogen) atoms. The van der Waals surface area contributed by atoms with E-state index in [9.17, 15) is 5.11 Å². The molecule has 1 atom stereocenters. The number of β-amino-alcohol motifs (C(OH)–C–C–N with tert-alkyl or cyclic N) is 1. The average Bonchev–Trinajstić information content (AvgIpc) is 2.18. The van der Waals surface area contributed by atoms with Crippen LogP contribution in [0.5, 0.6) is 0 Å². The number of halogens is 1. The van der Waals surface area contributed by atoms with Crippen LogP contribution in [0, 0.1) is 0 Å². The molecule has 1 aliphatic rings. The second-order valence-electron chi connectivity index (χ2n) is 3.88. The van der Waals surface area contributed by atoms with Crippen molar-refractivity contribution in [2.75, 3.05) is 29.9 Å². The van der Waals surface area contributed by atoms with Crippen LogP contribution in [0.2, 0.25) is 0 Å². The summed E-state index contributed by atoms with van der Waals surface area (Å²) in [7, 11) is 0. The van der Waals surface area contributed by atoms with Gasteiger partial charge < -0.3 is 15.3 Å². The lowest BCUT2D eigenvalue weighted by Gasteiger charge is -2.33. The molecule has 0 amide bonds. The maximum absolute atomic E-state index is 9.43. The minimum Gasteiger partial charge on any atom is -0.392 e. The number of hydrogen-bond acceptors (Lipinski definition) is 3. The van der Waals surface area contributed by atoms with Gasteiger partial charge in [0.05, 0.1) is 17.5 Å². The molecule has 3 nitrogen and oxygen atoms in total. The lowest BCUT2D eigenvalue weighted by Crippen LogP contribution is -2.38. The molecule has 0 aromatic heterocycles. The van der Waals surface area contributed by atoms with Crippen LogP contribution in [0.25, 0.3) is 0 Å². The highest BCUT2D eigenvalue weighted by Crippen LogP contribution is 2.31. The topological polar surface area (TPSA) is 35.5 Å². The molecule has 1 aromatic rings. The summed E-state index contributed by atoms with van der Waals surface area (Å²) in [6, 6.07) is 6.18. The average molecular weight is 271 g/mol. The highest BCUT2D eigenvalue weighted by molar-refractivity contribution is 9.10. The van der Waals surface area contributed by atoms with Crippen LogP contribution in [0.1, 0.15) is 6.92 Å². The Hall–Kier alpha value is -0.740. The van der Waals surface area contributed by atoms with Gasteiger partial charge in [0.25, 0.3) is 0 Å². The Labute approximate surface area is 98.2 Å². The highest BCUT2D eigenvalue weighted by Gasteiger charge is 2.17. The monoisotopic (exact) mass is 270 g/mol. The van der Waals surface area contributed by atoms with Crippen molar-refractivity contribution in [2.24, 2.45) is 0 Å². The Morgan fingerprint density at radius 1 is 1.60 bits per heavy atom. The zero-order chi connectivity index (χ0) is 10.8. The molecule has 0 saturated heterocycles. The van der Waals surface area contributed by atoms with Crippen molar-refractivity contribution in [1.29, 1.82) is 0 Å². The molecule has 1 aliphatic heterocycles. The third-order valence-corrected chi connectivity index (χ3v) is 2.98. The molecular weight excluding hydrogens is 256 g/mol. The molecule has 0 aliphatic carbocycles. The Morgan fingerprint density at radius 3 is 3.13 bits per heavy atom. The SMILES string of the molecule is CC(O)CN1CCNc2ccc(Br)cc21. The van der Waals surface area contributed by atoms with E-state index in [2.05, 4.69) is 38.3 Å². The van der Waals surface area contributed by atoms with Crippen molar-refractivity contribution in [1.82, 2.24) is 0 Å². The van der Waals surface area contributed by atoms with Crippen LogP contribution in [-0.4, -0.2) is 30.8 Å². The van der Waals surface area contributed by atoms with Gasteiger partial charge in [-0.25, -0.2) is 0 Å². The number of aliphatic hydroxyl groups excluding tert-OH is 1. The quantitative estimate of drug-likeness (QED) is 0.864. The zero-order valence-electron chi connectivity index (χ0n) is 8.70. The standard InChI is InChI=1S/C11H15BrN2O/c1-8(15)7-14-5-4-13-10-3-2-9(12)6-11(10)14/h2-3,6,8,13,15H,4-5,7H2,1H3. The molecule has 4 heteroatoms. The number of nitrogens with one attached hydrogen (secondary N) is 1. The first-order valence-corrected chi connectivity index (χ1v) is 5.92. The minimum absolute atomic E-state index is 0.296. The van der Waals surface area contributed by atoms with Crippen LogP contribution in [0.3, 0.4) is 0 Å². The maximum Gasteiger partial charge on any atom is 0.0687 e. The van der Waals surface area contributed by atoms with Crippen LogP contribution >= 0.6 is 15.9 Å². The third-order valence-electron chi connectivity index (χ3n) is 2.48. The summed E-state index contributed by atoms with van der Waals surface area (Å²) in [4.78, 5) is 2.21. The molecule has 0 bridgehead atoms. The fourth-order valence-corrected chi connectivity index (χ4v) is 2.22. The molecule has 1 unspecified atom stereocenters. The Balaban J connectivity index is 2.28. The van der Waals surface area contributed by atoms with Crippen molar-refractivity contribution in [3.8, 4) is 0 Å². The lowest BCUT2D eigenvalue weighted by atomic mass is 10.2. The number of aliphatic hydroxyl groups is 1. The van der Waals surface area contributed by atoms with Crippen molar-refractivity contribution in [2.45, 2.75) is 13.0 Å². The fraction of sp³-hybridized carbons (Fsp3) is 0.455. The first kappa shape index (κ1) is 10.8. The van der Waals surface area contributed by atoms with Gasteiger partial charge >= 0.3 is 0 Å².